The Kier molecular flexibility index (Phi) is 5.09. The van der Waals surface area contributed by atoms with Crippen molar-refractivity contribution in [3.05, 3.63) is 29.6 Å². The number of rotatable bonds is 5. The zero-order valence-corrected chi connectivity index (χ0v) is 11.1. The Labute approximate surface area is 107 Å². The molecule has 2 N–H and O–H groups in total. The lowest BCUT2D eigenvalue weighted by Gasteiger charge is -2.16. The van der Waals surface area contributed by atoms with E-state index in [9.17, 15) is 9.18 Å². The van der Waals surface area contributed by atoms with Gasteiger partial charge in [-0.15, -0.1) is 0 Å². The zero-order chi connectivity index (χ0) is 13.7. The highest BCUT2D eigenvalue weighted by Crippen LogP contribution is 2.23. The number of ether oxygens (including phenoxy) is 1. The first kappa shape index (κ1) is 14.4. The Hall–Kier alpha value is -1.62. The summed E-state index contributed by atoms with van der Waals surface area (Å²) >= 11 is 0. The maximum absolute atomic E-state index is 13.8. The van der Waals surface area contributed by atoms with Gasteiger partial charge in [0.05, 0.1) is 6.10 Å². The minimum absolute atomic E-state index is 0.0932. The summed E-state index contributed by atoms with van der Waals surface area (Å²) in [4.78, 5) is 11.6. The van der Waals surface area contributed by atoms with E-state index in [-0.39, 0.29) is 17.8 Å². The Bertz CT molecular complexity index is 421. The van der Waals surface area contributed by atoms with Gasteiger partial charge in [0, 0.05) is 7.05 Å². The van der Waals surface area contributed by atoms with E-state index in [1.54, 1.807) is 20.2 Å². The third-order valence-corrected chi connectivity index (χ3v) is 2.45. The van der Waals surface area contributed by atoms with Crippen molar-refractivity contribution in [3.63, 3.8) is 0 Å². The summed E-state index contributed by atoms with van der Waals surface area (Å²) < 4.78 is 19.1. The molecule has 1 aromatic carbocycles. The smallest absolute Gasteiger partial charge is 0.241 e. The van der Waals surface area contributed by atoms with Crippen LogP contribution in [0.4, 0.5) is 4.39 Å². The molecule has 4 nitrogen and oxygen atoms in total. The van der Waals surface area contributed by atoms with Crippen molar-refractivity contribution in [1.82, 2.24) is 10.6 Å². The number of likely N-dealkylation sites (N-methyl/N-ethyl adjacent to an activating group) is 2. The van der Waals surface area contributed by atoms with E-state index in [0.717, 1.165) is 0 Å². The predicted octanol–water partition coefficient (Wildman–Crippen LogP) is 1.62. The zero-order valence-electron chi connectivity index (χ0n) is 11.1. The predicted molar refractivity (Wildman–Crippen MR) is 68.0 cm³/mol. The maximum atomic E-state index is 13.8. The van der Waals surface area contributed by atoms with Crippen LogP contribution in [0.2, 0.25) is 0 Å². The Morgan fingerprint density at radius 2 is 2.00 bits per heavy atom. The molecule has 0 heterocycles. The molecule has 1 unspecified atom stereocenters. The molecule has 5 heteroatoms. The second kappa shape index (κ2) is 6.35. The van der Waals surface area contributed by atoms with Crippen molar-refractivity contribution in [1.29, 1.82) is 0 Å². The lowest BCUT2D eigenvalue weighted by Crippen LogP contribution is -2.33. The van der Waals surface area contributed by atoms with Crippen LogP contribution in [0.1, 0.15) is 25.5 Å². The number of hydrogen-bond acceptors (Lipinski definition) is 3. The third-order valence-electron chi connectivity index (χ3n) is 2.45. The van der Waals surface area contributed by atoms with E-state index in [1.165, 1.54) is 12.1 Å². The maximum Gasteiger partial charge on any atom is 0.241 e. The number of carbonyl (C=O) groups excluding carboxylic acids is 1. The molecule has 0 spiro atoms. The van der Waals surface area contributed by atoms with E-state index < -0.39 is 11.9 Å². The van der Waals surface area contributed by atoms with Gasteiger partial charge in [0.1, 0.15) is 6.04 Å². The normalized spacial score (nSPS) is 12.3. The highest BCUT2D eigenvalue weighted by molar-refractivity contribution is 5.82. The Morgan fingerprint density at radius 3 is 2.44 bits per heavy atom. The van der Waals surface area contributed by atoms with Gasteiger partial charge in [-0.05, 0) is 38.6 Å². The highest BCUT2D eigenvalue weighted by atomic mass is 19.1. The van der Waals surface area contributed by atoms with Crippen LogP contribution in [-0.4, -0.2) is 26.1 Å². The van der Waals surface area contributed by atoms with Gasteiger partial charge >= 0.3 is 0 Å². The fourth-order valence-electron chi connectivity index (χ4n) is 1.64. The monoisotopic (exact) mass is 254 g/mol. The average Bonchev–Trinajstić information content (AvgIpc) is 2.32. The van der Waals surface area contributed by atoms with Crippen molar-refractivity contribution in [3.8, 4) is 5.75 Å². The number of halogens is 1. The number of carbonyl (C=O) groups is 1. The molecule has 0 aromatic heterocycles. The number of nitrogens with one attached hydrogen (secondary N) is 2. The van der Waals surface area contributed by atoms with Gasteiger partial charge in [0.25, 0.3) is 0 Å². The molecule has 0 bridgehead atoms. The second-order valence-corrected chi connectivity index (χ2v) is 4.19. The molecule has 0 saturated carbocycles. The summed E-state index contributed by atoms with van der Waals surface area (Å²) in [6, 6.07) is 3.96. The molecule has 100 valence electrons. The fraction of sp³-hybridized carbons (Fsp3) is 0.462. The van der Waals surface area contributed by atoms with Crippen LogP contribution in [0.3, 0.4) is 0 Å². The SMILES string of the molecule is CNC(=O)C(NC)c1ccc(OC(C)C)c(F)c1. The van der Waals surface area contributed by atoms with Gasteiger partial charge in [-0.2, -0.15) is 0 Å². The van der Waals surface area contributed by atoms with Crippen molar-refractivity contribution >= 4 is 5.91 Å². The summed E-state index contributed by atoms with van der Waals surface area (Å²) in [6.07, 6.45) is -0.0932. The molecule has 18 heavy (non-hydrogen) atoms. The Balaban J connectivity index is 2.98. The van der Waals surface area contributed by atoms with Gasteiger partial charge < -0.3 is 15.4 Å². The Morgan fingerprint density at radius 1 is 1.33 bits per heavy atom. The first-order valence-corrected chi connectivity index (χ1v) is 5.84. The van der Waals surface area contributed by atoms with Crippen molar-refractivity contribution in [2.75, 3.05) is 14.1 Å². The first-order chi connectivity index (χ1) is 8.49. The molecule has 1 rings (SSSR count). The third kappa shape index (κ3) is 3.43. The van der Waals surface area contributed by atoms with Crippen LogP contribution in [-0.2, 0) is 4.79 Å². The van der Waals surface area contributed by atoms with E-state index in [1.807, 2.05) is 13.8 Å². The quantitative estimate of drug-likeness (QED) is 0.839. The number of hydrogen-bond donors (Lipinski definition) is 2. The molecule has 0 aliphatic rings. The van der Waals surface area contributed by atoms with Gasteiger partial charge in [0.15, 0.2) is 11.6 Å². The summed E-state index contributed by atoms with van der Waals surface area (Å²) in [7, 11) is 3.19. The summed E-state index contributed by atoms with van der Waals surface area (Å²) in [5.74, 6) is -0.486. The van der Waals surface area contributed by atoms with Crippen LogP contribution in [0.5, 0.6) is 5.75 Å². The van der Waals surface area contributed by atoms with E-state index in [4.69, 9.17) is 4.74 Å². The minimum Gasteiger partial charge on any atom is -0.488 e. The van der Waals surface area contributed by atoms with E-state index in [0.29, 0.717) is 5.56 Å². The molecule has 0 aliphatic carbocycles. The standard InChI is InChI=1S/C13H19FN2O2/c1-8(2)18-11-6-5-9(7-10(11)14)12(15-3)13(17)16-4/h5-8,12,15H,1-4H3,(H,16,17). The fourth-order valence-corrected chi connectivity index (χ4v) is 1.64. The van der Waals surface area contributed by atoms with Crippen LogP contribution in [0, 0.1) is 5.82 Å². The first-order valence-electron chi connectivity index (χ1n) is 5.84. The van der Waals surface area contributed by atoms with Gasteiger partial charge in [0.2, 0.25) is 5.91 Å². The molecule has 1 aromatic rings. The molecular weight excluding hydrogens is 235 g/mol. The second-order valence-electron chi connectivity index (χ2n) is 4.19. The summed E-state index contributed by atoms with van der Waals surface area (Å²) in [5, 5.41) is 5.36. The molecule has 1 atom stereocenters. The highest BCUT2D eigenvalue weighted by Gasteiger charge is 2.19. The van der Waals surface area contributed by atoms with Gasteiger partial charge in [-0.3, -0.25) is 4.79 Å². The van der Waals surface area contributed by atoms with Crippen LogP contribution >= 0.6 is 0 Å². The van der Waals surface area contributed by atoms with Crippen LogP contribution in [0.25, 0.3) is 0 Å². The van der Waals surface area contributed by atoms with Crippen molar-refractivity contribution in [2.45, 2.75) is 26.0 Å². The van der Waals surface area contributed by atoms with E-state index >= 15 is 0 Å². The van der Waals surface area contributed by atoms with Gasteiger partial charge in [-0.25, -0.2) is 4.39 Å². The molecule has 0 radical (unpaired) electrons. The lowest BCUT2D eigenvalue weighted by molar-refractivity contribution is -0.122. The number of amides is 1. The topological polar surface area (TPSA) is 50.4 Å². The summed E-state index contributed by atoms with van der Waals surface area (Å²) in [5.41, 5.74) is 0.561. The van der Waals surface area contributed by atoms with E-state index in [2.05, 4.69) is 10.6 Å². The van der Waals surface area contributed by atoms with Crippen LogP contribution < -0.4 is 15.4 Å². The summed E-state index contributed by atoms with van der Waals surface area (Å²) in [6.45, 7) is 3.66. The van der Waals surface area contributed by atoms with Crippen LogP contribution in [0.15, 0.2) is 18.2 Å². The largest absolute Gasteiger partial charge is 0.488 e. The lowest BCUT2D eigenvalue weighted by atomic mass is 10.1. The van der Waals surface area contributed by atoms with Gasteiger partial charge in [-0.1, -0.05) is 6.07 Å². The average molecular weight is 254 g/mol. The van der Waals surface area contributed by atoms with Crippen molar-refractivity contribution < 1.29 is 13.9 Å². The molecule has 0 aliphatic heterocycles. The molecular formula is C13H19FN2O2. The molecule has 1 amide bonds. The number of benzene rings is 1. The molecule has 0 saturated heterocycles. The van der Waals surface area contributed by atoms with Crippen molar-refractivity contribution in [2.24, 2.45) is 0 Å². The molecule has 0 fully saturated rings. The minimum atomic E-state index is -0.572.